The van der Waals surface area contributed by atoms with Crippen LogP contribution in [0.25, 0.3) is 0 Å². The molecule has 1 unspecified atom stereocenters. The minimum absolute atomic E-state index is 0.175. The quantitative estimate of drug-likeness (QED) is 0.250. The predicted molar refractivity (Wildman–Crippen MR) is 123 cm³/mol. The molecule has 0 bridgehead atoms. The summed E-state index contributed by atoms with van der Waals surface area (Å²) in [6.07, 6.45) is -16.5. The zero-order valence-corrected chi connectivity index (χ0v) is 19.6. The van der Waals surface area contributed by atoms with E-state index in [0.29, 0.717) is 11.5 Å². The van der Waals surface area contributed by atoms with E-state index in [1.54, 1.807) is 30.3 Å². The summed E-state index contributed by atoms with van der Waals surface area (Å²) >= 11 is 0. The average Bonchev–Trinajstić information content (AvgIpc) is 2.79. The second-order valence-corrected chi connectivity index (χ2v) is 8.39. The van der Waals surface area contributed by atoms with Gasteiger partial charge in [0.25, 0.3) is 0 Å². The summed E-state index contributed by atoms with van der Waals surface area (Å²) in [4.78, 5) is 1.15. The summed E-state index contributed by atoms with van der Waals surface area (Å²) in [6, 6.07) is 17.6. The van der Waals surface area contributed by atoms with Crippen molar-refractivity contribution in [1.29, 1.82) is 0 Å². The number of anilines is 1. The van der Waals surface area contributed by atoms with E-state index in [1.807, 2.05) is 0 Å². The van der Waals surface area contributed by atoms with Crippen molar-refractivity contribution in [3.05, 3.63) is 78.4 Å². The van der Waals surface area contributed by atoms with Crippen LogP contribution in [0.1, 0.15) is 5.56 Å². The van der Waals surface area contributed by atoms with Crippen molar-refractivity contribution in [2.45, 2.75) is 31.4 Å². The summed E-state index contributed by atoms with van der Waals surface area (Å²) < 4.78 is 101. The fraction of sp³-hybridized carbons (Fsp3) is 0.250. The molecule has 12 heteroatoms. The molecule has 0 saturated carbocycles. The molecule has 3 aromatic carbocycles. The monoisotopic (exact) mass is 535 g/mol. The van der Waals surface area contributed by atoms with Gasteiger partial charge in [0.2, 0.25) is 0 Å². The van der Waals surface area contributed by atoms with E-state index < -0.39 is 37.1 Å². The molecular weight excluding hydrogens is 514 g/mol. The molecule has 3 rings (SSSR count). The van der Waals surface area contributed by atoms with Gasteiger partial charge >= 0.3 is 18.7 Å². The molecule has 0 aliphatic rings. The number of aliphatic hydroxyl groups excluding tert-OH is 1. The maximum atomic E-state index is 13.3. The number of nitrogens with zero attached hydrogens (tertiary/aromatic N) is 1. The van der Waals surface area contributed by atoms with Crippen molar-refractivity contribution in [3.63, 3.8) is 0 Å². The Hall–Kier alpha value is -3.04. The van der Waals surface area contributed by atoms with Crippen LogP contribution in [0.5, 0.6) is 17.2 Å². The van der Waals surface area contributed by atoms with Crippen LogP contribution in [-0.2, 0) is 6.54 Å². The zero-order valence-electron chi connectivity index (χ0n) is 18.4. The molecule has 0 saturated heterocycles. The standard InChI is InChI=1S/C24H21F7NO3P/c25-22(26)24(30,31)35-19-6-1-3-15(11-19)13-32(14-21(33)23(27,28)29)16-4-2-5-18(12-16)34-17-7-9-20(36)10-8-17/h1-12,21-22,33H,13-14,36H2/t21-/m1/s1. The van der Waals surface area contributed by atoms with Gasteiger partial charge in [0.15, 0.2) is 6.10 Å². The first kappa shape index (κ1) is 27.5. The topological polar surface area (TPSA) is 41.9 Å². The van der Waals surface area contributed by atoms with Gasteiger partial charge in [-0.15, -0.1) is 9.24 Å². The highest BCUT2D eigenvalue weighted by Gasteiger charge is 2.44. The van der Waals surface area contributed by atoms with Gasteiger partial charge in [-0.1, -0.05) is 30.3 Å². The molecule has 2 atom stereocenters. The minimum Gasteiger partial charge on any atom is -0.457 e. The number of hydrogen-bond donors (Lipinski definition) is 1. The highest BCUT2D eigenvalue weighted by atomic mass is 31.0. The maximum absolute atomic E-state index is 13.3. The highest BCUT2D eigenvalue weighted by molar-refractivity contribution is 7.27. The molecular formula is C24H21F7NO3P. The summed E-state index contributed by atoms with van der Waals surface area (Å²) in [5.74, 6) is 0.179. The van der Waals surface area contributed by atoms with Crippen LogP contribution < -0.4 is 19.7 Å². The van der Waals surface area contributed by atoms with Crippen LogP contribution in [0.3, 0.4) is 0 Å². The largest absolute Gasteiger partial charge is 0.461 e. The number of aliphatic hydroxyl groups is 1. The van der Waals surface area contributed by atoms with Crippen LogP contribution in [0.2, 0.25) is 0 Å². The van der Waals surface area contributed by atoms with Crippen molar-refractivity contribution >= 4 is 20.2 Å². The Balaban J connectivity index is 1.87. The normalized spacial score (nSPS) is 12.9. The first-order valence-corrected chi connectivity index (χ1v) is 11.0. The molecule has 0 heterocycles. The summed E-state index contributed by atoms with van der Waals surface area (Å²) in [7, 11) is 2.52. The van der Waals surface area contributed by atoms with Crippen LogP contribution in [0.15, 0.2) is 72.8 Å². The van der Waals surface area contributed by atoms with Crippen molar-refractivity contribution in [3.8, 4) is 17.2 Å². The summed E-state index contributed by atoms with van der Waals surface area (Å²) in [6.45, 7) is -1.19. The third kappa shape index (κ3) is 7.73. The van der Waals surface area contributed by atoms with E-state index in [1.165, 1.54) is 30.3 Å². The van der Waals surface area contributed by atoms with Gasteiger partial charge in [-0.2, -0.15) is 30.7 Å². The Morgan fingerprint density at radius 1 is 0.833 bits per heavy atom. The van der Waals surface area contributed by atoms with Crippen LogP contribution >= 0.6 is 9.24 Å². The molecule has 0 radical (unpaired) electrons. The Morgan fingerprint density at radius 2 is 1.47 bits per heavy atom. The van der Waals surface area contributed by atoms with Crippen molar-refractivity contribution in [2.24, 2.45) is 0 Å². The first-order valence-electron chi connectivity index (χ1n) is 10.4. The molecule has 36 heavy (non-hydrogen) atoms. The third-order valence-electron chi connectivity index (χ3n) is 4.85. The van der Waals surface area contributed by atoms with Crippen molar-refractivity contribution in [1.82, 2.24) is 0 Å². The Labute approximate surface area is 204 Å². The van der Waals surface area contributed by atoms with Gasteiger partial charge in [0.05, 0.1) is 6.54 Å². The molecule has 4 nitrogen and oxygen atoms in total. The van der Waals surface area contributed by atoms with Gasteiger partial charge in [-0.05, 0) is 47.3 Å². The molecule has 0 amide bonds. The second-order valence-electron chi connectivity index (χ2n) is 7.72. The van der Waals surface area contributed by atoms with E-state index in [2.05, 4.69) is 14.0 Å². The fourth-order valence-electron chi connectivity index (χ4n) is 3.12. The van der Waals surface area contributed by atoms with Crippen LogP contribution in [-0.4, -0.2) is 36.5 Å². The number of alkyl halides is 7. The predicted octanol–water partition coefficient (Wildman–Crippen LogP) is 6.15. The Kier molecular flexibility index (Phi) is 8.68. The number of hydrogen-bond acceptors (Lipinski definition) is 4. The SMILES string of the molecule is O[C@H](CN(Cc1cccc(OC(F)(F)C(F)F)c1)c1cccc(Oc2ccc(P)cc2)c1)C(F)(F)F. The van der Waals surface area contributed by atoms with E-state index >= 15 is 0 Å². The Bertz CT molecular complexity index is 1140. The molecule has 0 aliphatic heterocycles. The lowest BCUT2D eigenvalue weighted by atomic mass is 10.1. The fourth-order valence-corrected chi connectivity index (χ4v) is 3.31. The average molecular weight is 535 g/mol. The van der Waals surface area contributed by atoms with Gasteiger partial charge in [0.1, 0.15) is 17.2 Å². The van der Waals surface area contributed by atoms with Gasteiger partial charge in [0, 0.05) is 18.3 Å². The van der Waals surface area contributed by atoms with Crippen molar-refractivity contribution < 1.29 is 45.3 Å². The van der Waals surface area contributed by atoms with E-state index in [4.69, 9.17) is 4.74 Å². The molecule has 0 aromatic heterocycles. The van der Waals surface area contributed by atoms with Crippen LogP contribution in [0.4, 0.5) is 36.4 Å². The lowest BCUT2D eigenvalue weighted by Gasteiger charge is -2.29. The number of ether oxygens (including phenoxy) is 2. The van der Waals surface area contributed by atoms with E-state index in [-0.39, 0.29) is 17.8 Å². The first-order chi connectivity index (χ1) is 16.8. The summed E-state index contributed by atoms with van der Waals surface area (Å²) in [5, 5.41) is 10.6. The highest BCUT2D eigenvalue weighted by Crippen LogP contribution is 2.31. The zero-order chi connectivity index (χ0) is 26.5. The summed E-state index contributed by atoms with van der Waals surface area (Å²) in [5.41, 5.74) is 0.400. The second kappa shape index (κ2) is 11.3. The van der Waals surface area contributed by atoms with Gasteiger partial charge < -0.3 is 19.5 Å². The van der Waals surface area contributed by atoms with Gasteiger partial charge in [-0.25, -0.2) is 0 Å². The molecule has 0 aliphatic carbocycles. The lowest BCUT2D eigenvalue weighted by molar-refractivity contribution is -0.253. The van der Waals surface area contributed by atoms with Gasteiger partial charge in [-0.3, -0.25) is 0 Å². The smallest absolute Gasteiger partial charge is 0.457 e. The van der Waals surface area contributed by atoms with Crippen molar-refractivity contribution in [2.75, 3.05) is 11.4 Å². The van der Waals surface area contributed by atoms with E-state index in [9.17, 15) is 35.8 Å². The van der Waals surface area contributed by atoms with E-state index in [0.717, 1.165) is 22.3 Å². The molecule has 0 spiro atoms. The lowest BCUT2D eigenvalue weighted by Crippen LogP contribution is -2.40. The van der Waals surface area contributed by atoms with Crippen LogP contribution in [0, 0.1) is 0 Å². The minimum atomic E-state index is -4.92. The Morgan fingerprint density at radius 3 is 2.11 bits per heavy atom. The number of rotatable bonds is 10. The third-order valence-corrected chi connectivity index (χ3v) is 5.23. The number of benzene rings is 3. The molecule has 0 fully saturated rings. The number of halogens is 7. The molecule has 1 N–H and O–H groups in total. The molecule has 3 aromatic rings. The molecule has 194 valence electrons. The maximum Gasteiger partial charge on any atom is 0.461 e.